The fraction of sp³-hybridized carbons (Fsp3) is 0.684. The number of rotatable bonds is 3. The van der Waals surface area contributed by atoms with E-state index in [1.807, 2.05) is 21.9 Å². The molecule has 130 valence electrons. The first-order valence-corrected chi connectivity index (χ1v) is 9.35. The Bertz CT molecular complexity index is 584. The zero-order valence-electron chi connectivity index (χ0n) is 14.2. The third kappa shape index (κ3) is 3.08. The summed E-state index contributed by atoms with van der Waals surface area (Å²) in [5.41, 5.74) is 0. The summed E-state index contributed by atoms with van der Waals surface area (Å²) in [6, 6.07) is 3.84. The molecule has 0 unspecified atom stereocenters. The van der Waals surface area contributed by atoms with Crippen molar-refractivity contribution in [2.24, 2.45) is 11.8 Å². The van der Waals surface area contributed by atoms with E-state index in [-0.39, 0.29) is 23.7 Å². The van der Waals surface area contributed by atoms with Crippen LogP contribution in [-0.4, -0.2) is 47.8 Å². The summed E-state index contributed by atoms with van der Waals surface area (Å²) in [6.07, 6.45) is 7.73. The number of likely N-dealkylation sites (tertiary alicyclic amines) is 2. The van der Waals surface area contributed by atoms with Gasteiger partial charge < -0.3 is 14.2 Å². The van der Waals surface area contributed by atoms with Crippen LogP contribution in [0.15, 0.2) is 22.8 Å². The minimum atomic E-state index is 0.0884. The largest absolute Gasteiger partial charge is 0.469 e. The molecule has 0 aromatic carbocycles. The molecule has 3 fully saturated rings. The van der Waals surface area contributed by atoms with Crippen LogP contribution in [-0.2, 0) is 9.59 Å². The lowest BCUT2D eigenvalue weighted by molar-refractivity contribution is -0.141. The SMILES string of the molecule is O=C(C1CCN(C(=O)[C@@H]2C[C@H]2c2ccco2)CC1)N1CCCCC1. The van der Waals surface area contributed by atoms with Crippen LogP contribution in [0.2, 0.25) is 0 Å². The summed E-state index contributed by atoms with van der Waals surface area (Å²) < 4.78 is 5.42. The molecular weight excluding hydrogens is 304 g/mol. The van der Waals surface area contributed by atoms with Crippen molar-refractivity contribution in [3.63, 3.8) is 0 Å². The first kappa shape index (κ1) is 15.7. The predicted molar refractivity (Wildman–Crippen MR) is 89.3 cm³/mol. The number of furan rings is 1. The van der Waals surface area contributed by atoms with E-state index in [9.17, 15) is 9.59 Å². The van der Waals surface area contributed by atoms with Crippen LogP contribution in [0.1, 0.15) is 50.2 Å². The van der Waals surface area contributed by atoms with Crippen molar-refractivity contribution in [3.8, 4) is 0 Å². The highest BCUT2D eigenvalue weighted by Crippen LogP contribution is 2.48. The molecule has 1 aromatic heterocycles. The van der Waals surface area contributed by atoms with Crippen LogP contribution in [0.4, 0.5) is 0 Å². The van der Waals surface area contributed by atoms with Crippen LogP contribution in [0.3, 0.4) is 0 Å². The van der Waals surface area contributed by atoms with Gasteiger partial charge in [0.15, 0.2) is 0 Å². The Labute approximate surface area is 143 Å². The molecule has 3 aliphatic rings. The zero-order valence-corrected chi connectivity index (χ0v) is 14.2. The van der Waals surface area contributed by atoms with Gasteiger partial charge in [-0.25, -0.2) is 0 Å². The van der Waals surface area contributed by atoms with Gasteiger partial charge in [0.05, 0.1) is 6.26 Å². The maximum atomic E-state index is 12.6. The van der Waals surface area contributed by atoms with Gasteiger partial charge in [-0.3, -0.25) is 9.59 Å². The summed E-state index contributed by atoms with van der Waals surface area (Å²) in [6.45, 7) is 3.30. The van der Waals surface area contributed by atoms with Gasteiger partial charge in [0.25, 0.3) is 0 Å². The van der Waals surface area contributed by atoms with E-state index < -0.39 is 0 Å². The maximum Gasteiger partial charge on any atom is 0.226 e. The lowest BCUT2D eigenvalue weighted by atomic mass is 9.94. The second-order valence-electron chi connectivity index (χ2n) is 7.45. The van der Waals surface area contributed by atoms with Gasteiger partial charge in [-0.15, -0.1) is 0 Å². The van der Waals surface area contributed by atoms with E-state index in [0.717, 1.165) is 64.0 Å². The van der Waals surface area contributed by atoms with Gasteiger partial charge in [0.1, 0.15) is 5.76 Å². The third-order valence-corrected chi connectivity index (χ3v) is 5.84. The van der Waals surface area contributed by atoms with E-state index in [1.54, 1.807) is 6.26 Å². The normalized spacial score (nSPS) is 28.0. The molecule has 0 spiro atoms. The fourth-order valence-electron chi connectivity index (χ4n) is 4.24. The molecule has 1 aromatic rings. The third-order valence-electron chi connectivity index (χ3n) is 5.84. The van der Waals surface area contributed by atoms with Crippen molar-refractivity contribution in [3.05, 3.63) is 24.2 Å². The highest BCUT2D eigenvalue weighted by molar-refractivity contribution is 5.83. The van der Waals surface area contributed by atoms with Gasteiger partial charge in [0.2, 0.25) is 11.8 Å². The molecule has 1 aliphatic carbocycles. The van der Waals surface area contributed by atoms with Crippen molar-refractivity contribution >= 4 is 11.8 Å². The van der Waals surface area contributed by atoms with Crippen molar-refractivity contribution in [2.75, 3.05) is 26.2 Å². The predicted octanol–water partition coefficient (Wildman–Crippen LogP) is 2.63. The molecular formula is C19H26N2O3. The second-order valence-corrected chi connectivity index (χ2v) is 7.45. The number of piperidine rings is 2. The lowest BCUT2D eigenvalue weighted by Crippen LogP contribution is -2.46. The lowest BCUT2D eigenvalue weighted by Gasteiger charge is -2.35. The van der Waals surface area contributed by atoms with E-state index >= 15 is 0 Å². The quantitative estimate of drug-likeness (QED) is 0.856. The Hall–Kier alpha value is -1.78. The Morgan fingerprint density at radius 1 is 0.958 bits per heavy atom. The highest BCUT2D eigenvalue weighted by Gasteiger charge is 2.48. The van der Waals surface area contributed by atoms with E-state index in [2.05, 4.69) is 0 Å². The van der Waals surface area contributed by atoms with Gasteiger partial charge in [0, 0.05) is 43.9 Å². The summed E-state index contributed by atoms with van der Waals surface area (Å²) in [7, 11) is 0. The topological polar surface area (TPSA) is 53.8 Å². The summed E-state index contributed by atoms with van der Waals surface area (Å²) in [4.78, 5) is 29.2. The van der Waals surface area contributed by atoms with Crippen LogP contribution in [0.5, 0.6) is 0 Å². The Morgan fingerprint density at radius 2 is 1.67 bits per heavy atom. The molecule has 5 nitrogen and oxygen atoms in total. The molecule has 1 saturated carbocycles. The average molecular weight is 330 g/mol. The number of hydrogen-bond acceptors (Lipinski definition) is 3. The highest BCUT2D eigenvalue weighted by atomic mass is 16.3. The smallest absolute Gasteiger partial charge is 0.226 e. The van der Waals surface area contributed by atoms with Gasteiger partial charge in [-0.2, -0.15) is 0 Å². The molecule has 24 heavy (non-hydrogen) atoms. The first-order chi connectivity index (χ1) is 11.7. The van der Waals surface area contributed by atoms with Crippen molar-refractivity contribution < 1.29 is 14.0 Å². The molecule has 2 atom stereocenters. The molecule has 2 saturated heterocycles. The van der Waals surface area contributed by atoms with Crippen LogP contribution < -0.4 is 0 Å². The molecule has 4 rings (SSSR count). The molecule has 2 amide bonds. The molecule has 5 heteroatoms. The molecule has 3 heterocycles. The first-order valence-electron chi connectivity index (χ1n) is 9.35. The van der Waals surface area contributed by atoms with Crippen LogP contribution >= 0.6 is 0 Å². The number of carbonyl (C=O) groups is 2. The molecule has 0 N–H and O–H groups in total. The van der Waals surface area contributed by atoms with E-state index in [1.165, 1.54) is 6.42 Å². The van der Waals surface area contributed by atoms with Crippen LogP contribution in [0, 0.1) is 11.8 Å². The summed E-state index contributed by atoms with van der Waals surface area (Å²) >= 11 is 0. The van der Waals surface area contributed by atoms with E-state index in [0.29, 0.717) is 5.91 Å². The number of hydrogen-bond donors (Lipinski definition) is 0. The minimum absolute atomic E-state index is 0.0884. The van der Waals surface area contributed by atoms with Gasteiger partial charge >= 0.3 is 0 Å². The van der Waals surface area contributed by atoms with Crippen LogP contribution in [0.25, 0.3) is 0 Å². The number of nitrogens with zero attached hydrogens (tertiary/aromatic N) is 2. The fourth-order valence-corrected chi connectivity index (χ4v) is 4.24. The molecule has 0 bridgehead atoms. The zero-order chi connectivity index (χ0) is 16.5. The Kier molecular flexibility index (Phi) is 4.33. The monoisotopic (exact) mass is 330 g/mol. The van der Waals surface area contributed by atoms with Gasteiger partial charge in [-0.05, 0) is 50.7 Å². The Balaban J connectivity index is 1.27. The minimum Gasteiger partial charge on any atom is -0.469 e. The van der Waals surface area contributed by atoms with Crippen molar-refractivity contribution in [2.45, 2.75) is 44.4 Å². The second kappa shape index (κ2) is 6.61. The Morgan fingerprint density at radius 3 is 2.33 bits per heavy atom. The van der Waals surface area contributed by atoms with Gasteiger partial charge in [-0.1, -0.05) is 0 Å². The standard InChI is InChI=1S/C19H26N2O3/c22-18(20-8-2-1-3-9-20)14-6-10-21(11-7-14)19(23)16-13-15(16)17-5-4-12-24-17/h4-5,12,14-16H,1-3,6-11,13H2/t15-,16-/m1/s1. The molecule has 2 aliphatic heterocycles. The molecule has 0 radical (unpaired) electrons. The maximum absolute atomic E-state index is 12.6. The van der Waals surface area contributed by atoms with Crippen molar-refractivity contribution in [1.82, 2.24) is 9.80 Å². The number of carbonyl (C=O) groups excluding carboxylic acids is 2. The average Bonchev–Trinajstić information content (AvgIpc) is 3.26. The van der Waals surface area contributed by atoms with E-state index in [4.69, 9.17) is 4.42 Å². The van der Waals surface area contributed by atoms with Crippen molar-refractivity contribution in [1.29, 1.82) is 0 Å². The summed E-state index contributed by atoms with van der Waals surface area (Å²) in [5.74, 6) is 1.98. The number of amides is 2. The summed E-state index contributed by atoms with van der Waals surface area (Å²) in [5, 5.41) is 0.